The van der Waals surface area contributed by atoms with Crippen LogP contribution in [0.25, 0.3) is 11.5 Å². The third kappa shape index (κ3) is 4.47. The van der Waals surface area contributed by atoms with Gasteiger partial charge in [-0.05, 0) is 43.4 Å². The number of amides is 1. The lowest BCUT2D eigenvalue weighted by Crippen LogP contribution is -2.36. The number of aromatic nitrogens is 2. The zero-order chi connectivity index (χ0) is 19.2. The number of nitrogens with zero attached hydrogens (tertiary/aromatic N) is 3. The molecule has 0 spiro atoms. The summed E-state index contributed by atoms with van der Waals surface area (Å²) in [5.41, 5.74) is 2.15. The summed E-state index contributed by atoms with van der Waals surface area (Å²) in [5.74, 6) is 1.52. The van der Waals surface area contributed by atoms with Gasteiger partial charge in [0.25, 0.3) is 5.89 Å². The Morgan fingerprint density at radius 1 is 1.04 bits per heavy atom. The Hall–Kier alpha value is -2.95. The standard InChI is InChI=1S/C23H25N3O2/c27-22(16-13-18-8-3-1-4-9-18)26-17-7-12-20(26)14-15-21-24-23(28-25-21)19-10-5-2-6-11-19/h1-6,8-11,20H,7,12-17H2. The molecular weight excluding hydrogens is 350 g/mol. The monoisotopic (exact) mass is 375 g/mol. The molecule has 5 nitrogen and oxygen atoms in total. The van der Waals surface area contributed by atoms with E-state index in [1.807, 2.05) is 48.5 Å². The van der Waals surface area contributed by atoms with Gasteiger partial charge in [-0.15, -0.1) is 0 Å². The number of carbonyl (C=O) groups is 1. The molecule has 1 saturated heterocycles. The molecule has 1 aliphatic heterocycles. The van der Waals surface area contributed by atoms with Crippen LogP contribution in [0, 0.1) is 0 Å². The number of likely N-dealkylation sites (tertiary alicyclic amines) is 1. The number of hydrogen-bond acceptors (Lipinski definition) is 4. The molecule has 3 aromatic rings. The van der Waals surface area contributed by atoms with Crippen LogP contribution in [0.2, 0.25) is 0 Å². The maximum atomic E-state index is 12.7. The predicted molar refractivity (Wildman–Crippen MR) is 108 cm³/mol. The van der Waals surface area contributed by atoms with Crippen LogP contribution in [0.15, 0.2) is 65.2 Å². The summed E-state index contributed by atoms with van der Waals surface area (Å²) in [5, 5.41) is 4.11. The van der Waals surface area contributed by atoms with E-state index < -0.39 is 0 Å². The number of carbonyl (C=O) groups excluding carboxylic acids is 1. The molecule has 2 heterocycles. The van der Waals surface area contributed by atoms with Gasteiger partial charge in [0.15, 0.2) is 5.82 Å². The number of aryl methyl sites for hydroxylation is 2. The molecule has 1 fully saturated rings. The highest BCUT2D eigenvalue weighted by molar-refractivity contribution is 5.77. The minimum Gasteiger partial charge on any atom is -0.340 e. The normalized spacial score (nSPS) is 16.4. The quantitative estimate of drug-likeness (QED) is 0.618. The van der Waals surface area contributed by atoms with E-state index in [0.29, 0.717) is 18.1 Å². The van der Waals surface area contributed by atoms with E-state index >= 15 is 0 Å². The van der Waals surface area contributed by atoms with Gasteiger partial charge in [-0.1, -0.05) is 53.7 Å². The molecule has 5 heteroatoms. The van der Waals surface area contributed by atoms with E-state index in [-0.39, 0.29) is 11.9 Å². The second kappa shape index (κ2) is 8.83. The average molecular weight is 375 g/mol. The maximum Gasteiger partial charge on any atom is 0.257 e. The molecule has 28 heavy (non-hydrogen) atoms. The zero-order valence-corrected chi connectivity index (χ0v) is 16.0. The van der Waals surface area contributed by atoms with Crippen LogP contribution in [0.3, 0.4) is 0 Å². The lowest BCUT2D eigenvalue weighted by Gasteiger charge is -2.24. The van der Waals surface area contributed by atoms with Gasteiger partial charge < -0.3 is 9.42 Å². The van der Waals surface area contributed by atoms with Gasteiger partial charge in [0.1, 0.15) is 0 Å². The highest BCUT2D eigenvalue weighted by Gasteiger charge is 2.28. The Labute approximate surface area is 165 Å². The van der Waals surface area contributed by atoms with Gasteiger partial charge >= 0.3 is 0 Å². The molecule has 0 radical (unpaired) electrons. The summed E-state index contributed by atoms with van der Waals surface area (Å²) in [7, 11) is 0. The topological polar surface area (TPSA) is 59.2 Å². The Bertz CT molecular complexity index is 892. The molecule has 1 aliphatic rings. The fourth-order valence-corrected chi connectivity index (χ4v) is 3.85. The van der Waals surface area contributed by atoms with Gasteiger partial charge in [0, 0.05) is 31.0 Å². The van der Waals surface area contributed by atoms with E-state index in [1.165, 1.54) is 5.56 Å². The first kappa shape index (κ1) is 18.4. The number of hydrogen-bond donors (Lipinski definition) is 0. The van der Waals surface area contributed by atoms with Crippen molar-refractivity contribution in [3.63, 3.8) is 0 Å². The molecule has 1 atom stereocenters. The second-order valence-corrected chi connectivity index (χ2v) is 7.29. The van der Waals surface area contributed by atoms with E-state index in [9.17, 15) is 4.79 Å². The number of benzene rings is 2. The number of rotatable bonds is 7. The van der Waals surface area contributed by atoms with Gasteiger partial charge in [0.2, 0.25) is 5.91 Å². The molecule has 2 aromatic carbocycles. The molecule has 0 bridgehead atoms. The first-order valence-corrected chi connectivity index (χ1v) is 10.0. The molecule has 0 N–H and O–H groups in total. The van der Waals surface area contributed by atoms with Crippen molar-refractivity contribution in [3.05, 3.63) is 72.1 Å². The van der Waals surface area contributed by atoms with Crippen molar-refractivity contribution in [2.24, 2.45) is 0 Å². The smallest absolute Gasteiger partial charge is 0.257 e. The van der Waals surface area contributed by atoms with Crippen LogP contribution in [0.1, 0.15) is 37.1 Å². The third-order valence-corrected chi connectivity index (χ3v) is 5.36. The van der Waals surface area contributed by atoms with Crippen LogP contribution in [-0.2, 0) is 17.6 Å². The second-order valence-electron chi connectivity index (χ2n) is 7.29. The molecular formula is C23H25N3O2. The van der Waals surface area contributed by atoms with Crippen LogP contribution in [0.4, 0.5) is 0 Å². The molecule has 1 aromatic heterocycles. The third-order valence-electron chi connectivity index (χ3n) is 5.36. The van der Waals surface area contributed by atoms with Crippen molar-refractivity contribution in [2.75, 3.05) is 6.54 Å². The fraction of sp³-hybridized carbons (Fsp3) is 0.348. The van der Waals surface area contributed by atoms with Crippen molar-refractivity contribution in [3.8, 4) is 11.5 Å². The van der Waals surface area contributed by atoms with Crippen molar-refractivity contribution >= 4 is 5.91 Å². The first-order valence-electron chi connectivity index (χ1n) is 10.0. The highest BCUT2D eigenvalue weighted by Crippen LogP contribution is 2.23. The van der Waals surface area contributed by atoms with Crippen molar-refractivity contribution < 1.29 is 9.32 Å². The Balaban J connectivity index is 1.30. The molecule has 0 aliphatic carbocycles. The minimum absolute atomic E-state index is 0.254. The minimum atomic E-state index is 0.254. The largest absolute Gasteiger partial charge is 0.340 e. The molecule has 1 unspecified atom stereocenters. The van der Waals surface area contributed by atoms with E-state index in [2.05, 4.69) is 27.2 Å². The van der Waals surface area contributed by atoms with E-state index in [4.69, 9.17) is 4.52 Å². The van der Waals surface area contributed by atoms with Crippen LogP contribution < -0.4 is 0 Å². The lowest BCUT2D eigenvalue weighted by atomic mass is 10.1. The van der Waals surface area contributed by atoms with Gasteiger partial charge in [0.05, 0.1) is 0 Å². The predicted octanol–water partition coefficient (Wildman–Crippen LogP) is 4.29. The van der Waals surface area contributed by atoms with Gasteiger partial charge in [-0.2, -0.15) is 4.98 Å². The summed E-state index contributed by atoms with van der Waals surface area (Å²) in [4.78, 5) is 19.3. The molecule has 1 amide bonds. The van der Waals surface area contributed by atoms with Crippen molar-refractivity contribution in [1.29, 1.82) is 0 Å². The summed E-state index contributed by atoms with van der Waals surface area (Å²) in [6.07, 6.45) is 5.10. The fourth-order valence-electron chi connectivity index (χ4n) is 3.85. The molecule has 144 valence electrons. The Kier molecular flexibility index (Phi) is 5.80. The Morgan fingerprint density at radius 3 is 2.57 bits per heavy atom. The van der Waals surface area contributed by atoms with Crippen LogP contribution >= 0.6 is 0 Å². The highest BCUT2D eigenvalue weighted by atomic mass is 16.5. The summed E-state index contributed by atoms with van der Waals surface area (Å²) >= 11 is 0. The van der Waals surface area contributed by atoms with Crippen molar-refractivity contribution in [1.82, 2.24) is 15.0 Å². The lowest BCUT2D eigenvalue weighted by molar-refractivity contribution is -0.132. The van der Waals surface area contributed by atoms with Crippen LogP contribution in [0.5, 0.6) is 0 Å². The SMILES string of the molecule is O=C(CCc1ccccc1)N1CCCC1CCc1noc(-c2ccccc2)n1. The summed E-state index contributed by atoms with van der Waals surface area (Å²) < 4.78 is 5.39. The first-order chi connectivity index (χ1) is 13.8. The molecule has 0 saturated carbocycles. The maximum absolute atomic E-state index is 12.7. The van der Waals surface area contributed by atoms with Gasteiger partial charge in [-0.25, -0.2) is 0 Å². The molecule has 4 rings (SSSR count). The zero-order valence-electron chi connectivity index (χ0n) is 16.0. The summed E-state index contributed by atoms with van der Waals surface area (Å²) in [6.45, 7) is 0.861. The Morgan fingerprint density at radius 2 is 1.79 bits per heavy atom. The van der Waals surface area contributed by atoms with E-state index in [0.717, 1.165) is 44.2 Å². The van der Waals surface area contributed by atoms with Crippen LogP contribution in [-0.4, -0.2) is 33.5 Å². The summed E-state index contributed by atoms with van der Waals surface area (Å²) in [6, 6.07) is 20.3. The van der Waals surface area contributed by atoms with Crippen molar-refractivity contribution in [2.45, 2.75) is 44.6 Å². The van der Waals surface area contributed by atoms with Gasteiger partial charge in [-0.3, -0.25) is 4.79 Å². The average Bonchev–Trinajstić information content (AvgIpc) is 3.41. The van der Waals surface area contributed by atoms with E-state index in [1.54, 1.807) is 0 Å².